The molecule has 0 heterocycles. The van der Waals surface area contributed by atoms with Gasteiger partial charge in [-0.3, -0.25) is 4.79 Å². The molecule has 0 aliphatic rings. The lowest BCUT2D eigenvalue weighted by molar-refractivity contribution is 0.0939. The van der Waals surface area contributed by atoms with Gasteiger partial charge in [0.2, 0.25) is 10.0 Å². The van der Waals surface area contributed by atoms with Gasteiger partial charge in [-0.1, -0.05) is 32.9 Å². The lowest BCUT2D eigenvalue weighted by atomic mass is 10.0. The van der Waals surface area contributed by atoms with Crippen LogP contribution in [0, 0.1) is 5.92 Å². The number of carbonyl (C=O) groups is 1. The van der Waals surface area contributed by atoms with Crippen molar-refractivity contribution in [1.29, 1.82) is 0 Å². The molecule has 0 fully saturated rings. The van der Waals surface area contributed by atoms with Gasteiger partial charge in [0, 0.05) is 18.0 Å². The summed E-state index contributed by atoms with van der Waals surface area (Å²) < 4.78 is 25.9. The van der Waals surface area contributed by atoms with Crippen LogP contribution in [0.3, 0.4) is 0 Å². The van der Waals surface area contributed by atoms with Crippen molar-refractivity contribution in [2.45, 2.75) is 25.7 Å². The lowest BCUT2D eigenvalue weighted by Gasteiger charge is -2.08. The van der Waals surface area contributed by atoms with Crippen molar-refractivity contribution in [2.75, 3.05) is 6.54 Å². The van der Waals surface area contributed by atoms with Gasteiger partial charge in [-0.2, -0.15) is 0 Å². The normalized spacial score (nSPS) is 11.8. The van der Waals surface area contributed by atoms with Gasteiger partial charge >= 0.3 is 0 Å². The molecule has 5 heteroatoms. The molecular weight excluding hydrogens is 238 g/mol. The summed E-state index contributed by atoms with van der Waals surface area (Å²) in [4.78, 5) is 11.9. The van der Waals surface area contributed by atoms with Gasteiger partial charge in [-0.25, -0.2) is 13.1 Å². The average molecular weight is 255 g/mol. The van der Waals surface area contributed by atoms with Gasteiger partial charge in [0.25, 0.3) is 0 Å². The van der Waals surface area contributed by atoms with Crippen LogP contribution in [0.2, 0.25) is 0 Å². The van der Waals surface area contributed by atoms with E-state index < -0.39 is 10.0 Å². The molecule has 0 atom stereocenters. The number of carbonyl (C=O) groups excluding carboxylic acids is 1. The van der Waals surface area contributed by atoms with E-state index in [1.165, 1.54) is 12.1 Å². The van der Waals surface area contributed by atoms with Crippen molar-refractivity contribution in [3.8, 4) is 0 Å². The van der Waals surface area contributed by atoms with Gasteiger partial charge in [0.1, 0.15) is 0 Å². The zero-order chi connectivity index (χ0) is 13.1. The molecule has 0 aliphatic heterocycles. The molecular formula is C12H17NO3S. The van der Waals surface area contributed by atoms with Gasteiger partial charge < -0.3 is 0 Å². The van der Waals surface area contributed by atoms with E-state index in [-0.39, 0.29) is 16.6 Å². The molecule has 0 unspecified atom stereocenters. The van der Waals surface area contributed by atoms with Crippen LogP contribution >= 0.6 is 0 Å². The zero-order valence-corrected chi connectivity index (χ0v) is 11.0. The van der Waals surface area contributed by atoms with Crippen molar-refractivity contribution in [3.63, 3.8) is 0 Å². The monoisotopic (exact) mass is 255 g/mol. The standard InChI is InChI=1S/C12H17NO3S/c1-4-13-17(15,16)11-7-5-6-10(8-11)12(14)9(2)3/h5-9,13H,4H2,1-3H3. The second-order valence-corrected chi connectivity index (χ2v) is 5.82. The number of Topliss-reactive ketones (excluding diaryl/α,β-unsaturated/α-hetero) is 1. The van der Waals surface area contributed by atoms with Crippen LogP contribution < -0.4 is 4.72 Å². The summed E-state index contributed by atoms with van der Waals surface area (Å²) in [6.45, 7) is 5.60. The Morgan fingerprint density at radius 1 is 1.35 bits per heavy atom. The van der Waals surface area contributed by atoms with Gasteiger partial charge in [-0.15, -0.1) is 0 Å². The van der Waals surface area contributed by atoms with Crippen LogP contribution in [-0.2, 0) is 10.0 Å². The number of hydrogen-bond donors (Lipinski definition) is 1. The van der Waals surface area contributed by atoms with Crippen LogP contribution in [0.5, 0.6) is 0 Å². The highest BCUT2D eigenvalue weighted by molar-refractivity contribution is 7.89. The highest BCUT2D eigenvalue weighted by atomic mass is 32.2. The third-order valence-electron chi connectivity index (χ3n) is 2.29. The fraction of sp³-hybridized carbons (Fsp3) is 0.417. The van der Waals surface area contributed by atoms with E-state index in [1.807, 2.05) is 0 Å². The largest absolute Gasteiger partial charge is 0.294 e. The summed E-state index contributed by atoms with van der Waals surface area (Å²) in [6, 6.07) is 6.11. The molecule has 4 nitrogen and oxygen atoms in total. The Morgan fingerprint density at radius 3 is 2.53 bits per heavy atom. The minimum absolute atomic E-state index is 0.0569. The number of benzene rings is 1. The SMILES string of the molecule is CCNS(=O)(=O)c1cccc(C(=O)C(C)C)c1. The molecule has 0 amide bonds. The number of nitrogens with one attached hydrogen (secondary N) is 1. The van der Waals surface area contributed by atoms with Crippen LogP contribution in [0.4, 0.5) is 0 Å². The molecule has 0 aromatic heterocycles. The topological polar surface area (TPSA) is 63.2 Å². The van der Waals surface area contributed by atoms with Crippen LogP contribution in [-0.4, -0.2) is 20.7 Å². The van der Waals surface area contributed by atoms with Crippen molar-refractivity contribution in [1.82, 2.24) is 4.72 Å². The Morgan fingerprint density at radius 2 is 2.00 bits per heavy atom. The molecule has 0 bridgehead atoms. The molecule has 1 N–H and O–H groups in total. The summed E-state index contributed by atoms with van der Waals surface area (Å²) in [5.74, 6) is -0.203. The second-order valence-electron chi connectivity index (χ2n) is 4.05. The van der Waals surface area contributed by atoms with E-state index in [9.17, 15) is 13.2 Å². The summed E-state index contributed by atoms with van der Waals surface area (Å²) in [6.07, 6.45) is 0. The van der Waals surface area contributed by atoms with Gasteiger partial charge in [0.15, 0.2) is 5.78 Å². The molecule has 94 valence electrons. The third-order valence-corrected chi connectivity index (χ3v) is 3.83. The maximum absolute atomic E-state index is 11.8. The van der Waals surface area contributed by atoms with E-state index in [0.717, 1.165) is 0 Å². The van der Waals surface area contributed by atoms with E-state index in [4.69, 9.17) is 0 Å². The summed E-state index contributed by atoms with van der Waals surface area (Å²) in [7, 11) is -3.49. The number of hydrogen-bond acceptors (Lipinski definition) is 3. The van der Waals surface area contributed by atoms with Crippen LogP contribution in [0.1, 0.15) is 31.1 Å². The number of ketones is 1. The maximum atomic E-state index is 11.8. The van der Waals surface area contributed by atoms with E-state index in [1.54, 1.807) is 32.9 Å². The molecule has 17 heavy (non-hydrogen) atoms. The van der Waals surface area contributed by atoms with Gasteiger partial charge in [-0.05, 0) is 12.1 Å². The Kier molecular flexibility index (Phi) is 4.42. The fourth-order valence-electron chi connectivity index (χ4n) is 1.42. The van der Waals surface area contributed by atoms with Crippen molar-refractivity contribution >= 4 is 15.8 Å². The molecule has 1 aromatic rings. The first-order valence-corrected chi connectivity index (χ1v) is 7.00. The quantitative estimate of drug-likeness (QED) is 0.816. The molecule has 1 rings (SSSR count). The maximum Gasteiger partial charge on any atom is 0.240 e. The molecule has 0 spiro atoms. The van der Waals surface area contributed by atoms with E-state index >= 15 is 0 Å². The Labute approximate surface area is 102 Å². The Hall–Kier alpha value is -1.20. The third kappa shape index (κ3) is 3.38. The first kappa shape index (κ1) is 13.9. The van der Waals surface area contributed by atoms with Crippen molar-refractivity contribution in [2.24, 2.45) is 5.92 Å². The molecule has 1 aromatic carbocycles. The van der Waals surface area contributed by atoms with E-state index in [0.29, 0.717) is 12.1 Å². The fourth-order valence-corrected chi connectivity index (χ4v) is 2.51. The lowest BCUT2D eigenvalue weighted by Crippen LogP contribution is -2.23. The predicted octanol–water partition coefficient (Wildman–Crippen LogP) is 1.82. The molecule has 0 saturated carbocycles. The van der Waals surface area contributed by atoms with Crippen LogP contribution in [0.15, 0.2) is 29.2 Å². The number of sulfonamides is 1. The summed E-state index contributed by atoms with van der Waals surface area (Å²) in [5.41, 5.74) is 0.430. The molecule has 0 aliphatic carbocycles. The van der Waals surface area contributed by atoms with Crippen molar-refractivity contribution in [3.05, 3.63) is 29.8 Å². The smallest absolute Gasteiger partial charge is 0.240 e. The first-order valence-electron chi connectivity index (χ1n) is 5.52. The predicted molar refractivity (Wildman–Crippen MR) is 66.5 cm³/mol. The molecule has 0 saturated heterocycles. The molecule has 0 radical (unpaired) electrons. The van der Waals surface area contributed by atoms with Gasteiger partial charge in [0.05, 0.1) is 4.90 Å². The minimum atomic E-state index is -3.49. The zero-order valence-electron chi connectivity index (χ0n) is 10.2. The summed E-state index contributed by atoms with van der Waals surface area (Å²) in [5, 5.41) is 0. The minimum Gasteiger partial charge on any atom is -0.294 e. The second kappa shape index (κ2) is 5.42. The average Bonchev–Trinajstić information content (AvgIpc) is 2.28. The summed E-state index contributed by atoms with van der Waals surface area (Å²) >= 11 is 0. The first-order chi connectivity index (χ1) is 7.88. The Bertz CT molecular complexity index is 506. The van der Waals surface area contributed by atoms with Crippen LogP contribution in [0.25, 0.3) is 0 Å². The highest BCUT2D eigenvalue weighted by Crippen LogP contribution is 2.14. The number of rotatable bonds is 5. The highest BCUT2D eigenvalue weighted by Gasteiger charge is 2.16. The van der Waals surface area contributed by atoms with Crippen molar-refractivity contribution < 1.29 is 13.2 Å². The van der Waals surface area contributed by atoms with E-state index in [2.05, 4.69) is 4.72 Å². The Balaban J connectivity index is 3.14.